The molecule has 102 valence electrons. The maximum absolute atomic E-state index is 12.1. The highest BCUT2D eigenvalue weighted by atomic mass is 16.4. The monoisotopic (exact) mass is 262 g/mol. The summed E-state index contributed by atoms with van der Waals surface area (Å²) in [6.45, 7) is 5.39. The zero-order valence-electron chi connectivity index (χ0n) is 11.1. The van der Waals surface area contributed by atoms with Gasteiger partial charge in [0.2, 0.25) is 5.91 Å². The van der Waals surface area contributed by atoms with Gasteiger partial charge in [0.15, 0.2) is 0 Å². The average Bonchev–Trinajstić information content (AvgIpc) is 2.77. The number of aromatic carboxylic acids is 1. The van der Waals surface area contributed by atoms with E-state index in [4.69, 9.17) is 5.11 Å². The fourth-order valence-corrected chi connectivity index (χ4v) is 2.32. The molecule has 0 bridgehead atoms. The number of aryl methyl sites for hydroxylation is 1. The van der Waals surface area contributed by atoms with Gasteiger partial charge in [0.05, 0.1) is 11.5 Å². The smallest absolute Gasteiger partial charge is 0.335 e. The molecule has 5 nitrogen and oxygen atoms in total. The zero-order valence-corrected chi connectivity index (χ0v) is 11.1. The van der Waals surface area contributed by atoms with Crippen LogP contribution in [-0.4, -0.2) is 30.1 Å². The molecule has 5 heteroatoms. The zero-order chi connectivity index (χ0) is 14.0. The van der Waals surface area contributed by atoms with Crippen molar-refractivity contribution >= 4 is 17.6 Å². The molecule has 1 heterocycles. The SMILES string of the molecule is Cc1cc(C(=O)O)ccc1NC(=O)C1CNCC1C. The summed E-state index contributed by atoms with van der Waals surface area (Å²) in [5, 5.41) is 15.0. The molecule has 1 aliphatic heterocycles. The van der Waals surface area contributed by atoms with Crippen LogP contribution in [0, 0.1) is 18.8 Å². The second kappa shape index (κ2) is 5.40. The molecule has 0 aromatic heterocycles. The Morgan fingerprint density at radius 3 is 2.63 bits per heavy atom. The number of carbonyl (C=O) groups excluding carboxylic acids is 1. The third-order valence-electron chi connectivity index (χ3n) is 3.59. The molecule has 1 fully saturated rings. The highest BCUT2D eigenvalue weighted by Gasteiger charge is 2.29. The third kappa shape index (κ3) is 2.93. The van der Waals surface area contributed by atoms with Crippen molar-refractivity contribution in [2.45, 2.75) is 13.8 Å². The first-order chi connectivity index (χ1) is 8.99. The maximum Gasteiger partial charge on any atom is 0.335 e. The van der Waals surface area contributed by atoms with Gasteiger partial charge in [0.1, 0.15) is 0 Å². The van der Waals surface area contributed by atoms with Crippen LogP contribution in [0.25, 0.3) is 0 Å². The van der Waals surface area contributed by atoms with Crippen molar-refractivity contribution < 1.29 is 14.7 Å². The molecule has 19 heavy (non-hydrogen) atoms. The molecule has 0 saturated carbocycles. The molecule has 0 aliphatic carbocycles. The summed E-state index contributed by atoms with van der Waals surface area (Å²) in [6.07, 6.45) is 0. The van der Waals surface area contributed by atoms with Crippen LogP contribution >= 0.6 is 0 Å². The van der Waals surface area contributed by atoms with Crippen LogP contribution in [0.5, 0.6) is 0 Å². The number of amides is 1. The predicted molar refractivity (Wildman–Crippen MR) is 72.3 cm³/mol. The first-order valence-corrected chi connectivity index (χ1v) is 6.34. The lowest BCUT2D eigenvalue weighted by Gasteiger charge is -2.15. The molecule has 0 spiro atoms. The Kier molecular flexibility index (Phi) is 3.85. The van der Waals surface area contributed by atoms with Crippen LogP contribution in [0.1, 0.15) is 22.8 Å². The Labute approximate surface area is 112 Å². The summed E-state index contributed by atoms with van der Waals surface area (Å²) in [6, 6.07) is 4.71. The first-order valence-electron chi connectivity index (χ1n) is 6.34. The Morgan fingerprint density at radius 1 is 1.37 bits per heavy atom. The minimum atomic E-state index is -0.963. The number of anilines is 1. The first kappa shape index (κ1) is 13.5. The van der Waals surface area contributed by atoms with Gasteiger partial charge in [-0.25, -0.2) is 4.79 Å². The van der Waals surface area contributed by atoms with Gasteiger partial charge in [-0.3, -0.25) is 4.79 Å². The van der Waals surface area contributed by atoms with E-state index in [0.29, 0.717) is 18.2 Å². The molecule has 0 radical (unpaired) electrons. The van der Waals surface area contributed by atoms with Gasteiger partial charge in [-0.1, -0.05) is 6.92 Å². The molecule has 1 aliphatic rings. The van der Waals surface area contributed by atoms with E-state index in [1.807, 2.05) is 6.92 Å². The van der Waals surface area contributed by atoms with Crippen LogP contribution in [0.15, 0.2) is 18.2 Å². The lowest BCUT2D eigenvalue weighted by Crippen LogP contribution is -2.28. The molecule has 2 unspecified atom stereocenters. The van der Waals surface area contributed by atoms with Gasteiger partial charge in [-0.05, 0) is 43.1 Å². The van der Waals surface area contributed by atoms with Crippen molar-refractivity contribution in [1.82, 2.24) is 5.32 Å². The van der Waals surface area contributed by atoms with Crippen molar-refractivity contribution in [3.05, 3.63) is 29.3 Å². The molecule has 1 aromatic rings. The van der Waals surface area contributed by atoms with E-state index in [9.17, 15) is 9.59 Å². The molecule has 3 N–H and O–H groups in total. The van der Waals surface area contributed by atoms with E-state index in [2.05, 4.69) is 10.6 Å². The van der Waals surface area contributed by atoms with Gasteiger partial charge in [-0.2, -0.15) is 0 Å². The lowest BCUT2D eigenvalue weighted by molar-refractivity contribution is -0.120. The maximum atomic E-state index is 12.1. The van der Waals surface area contributed by atoms with E-state index in [0.717, 1.165) is 12.1 Å². The second-order valence-electron chi connectivity index (χ2n) is 5.07. The number of hydrogen-bond acceptors (Lipinski definition) is 3. The molecule has 2 atom stereocenters. The fourth-order valence-electron chi connectivity index (χ4n) is 2.32. The lowest BCUT2D eigenvalue weighted by atomic mass is 9.97. The summed E-state index contributed by atoms with van der Waals surface area (Å²) < 4.78 is 0. The molecular weight excluding hydrogens is 244 g/mol. The number of carboxylic acids is 1. The van der Waals surface area contributed by atoms with Gasteiger partial charge >= 0.3 is 5.97 Å². The van der Waals surface area contributed by atoms with Crippen molar-refractivity contribution in [3.8, 4) is 0 Å². The highest BCUT2D eigenvalue weighted by Crippen LogP contribution is 2.21. The minimum absolute atomic E-state index is 0.0105. The second-order valence-corrected chi connectivity index (χ2v) is 5.07. The van der Waals surface area contributed by atoms with Crippen LogP contribution in [0.2, 0.25) is 0 Å². The van der Waals surface area contributed by atoms with E-state index in [1.54, 1.807) is 19.1 Å². The largest absolute Gasteiger partial charge is 0.478 e. The van der Waals surface area contributed by atoms with Crippen LogP contribution in [-0.2, 0) is 4.79 Å². The van der Waals surface area contributed by atoms with Crippen LogP contribution in [0.4, 0.5) is 5.69 Å². The van der Waals surface area contributed by atoms with Crippen molar-refractivity contribution in [3.63, 3.8) is 0 Å². The Morgan fingerprint density at radius 2 is 2.11 bits per heavy atom. The molecule has 2 rings (SSSR count). The van der Waals surface area contributed by atoms with Gasteiger partial charge in [0.25, 0.3) is 0 Å². The fraction of sp³-hybridized carbons (Fsp3) is 0.429. The van der Waals surface area contributed by atoms with E-state index in [-0.39, 0.29) is 17.4 Å². The Hall–Kier alpha value is -1.88. The van der Waals surface area contributed by atoms with Crippen LogP contribution < -0.4 is 10.6 Å². The van der Waals surface area contributed by atoms with E-state index >= 15 is 0 Å². The number of carboxylic acid groups (broad SMARTS) is 1. The summed E-state index contributed by atoms with van der Waals surface area (Å²) in [5.74, 6) is -0.685. The topological polar surface area (TPSA) is 78.4 Å². The number of rotatable bonds is 3. The summed E-state index contributed by atoms with van der Waals surface area (Å²) in [4.78, 5) is 23.0. The minimum Gasteiger partial charge on any atom is -0.478 e. The quantitative estimate of drug-likeness (QED) is 0.771. The molecular formula is C14H18N2O3. The standard InChI is InChI=1S/C14H18N2O3/c1-8-5-10(14(18)19)3-4-12(8)16-13(17)11-7-15-6-9(11)2/h3-5,9,11,15H,6-7H2,1-2H3,(H,16,17)(H,18,19). The van der Waals surface area contributed by atoms with Crippen molar-refractivity contribution in [1.29, 1.82) is 0 Å². The Balaban J connectivity index is 2.11. The van der Waals surface area contributed by atoms with Crippen LogP contribution in [0.3, 0.4) is 0 Å². The summed E-state index contributed by atoms with van der Waals surface area (Å²) in [7, 11) is 0. The van der Waals surface area contributed by atoms with Crippen molar-refractivity contribution in [2.24, 2.45) is 11.8 Å². The number of nitrogens with one attached hydrogen (secondary N) is 2. The molecule has 1 amide bonds. The third-order valence-corrected chi connectivity index (χ3v) is 3.59. The van der Waals surface area contributed by atoms with Gasteiger partial charge < -0.3 is 15.7 Å². The highest BCUT2D eigenvalue weighted by molar-refractivity contribution is 5.95. The number of hydrogen-bond donors (Lipinski definition) is 3. The number of carbonyl (C=O) groups is 2. The van der Waals surface area contributed by atoms with Gasteiger partial charge in [-0.15, -0.1) is 0 Å². The van der Waals surface area contributed by atoms with Crippen molar-refractivity contribution in [2.75, 3.05) is 18.4 Å². The summed E-state index contributed by atoms with van der Waals surface area (Å²) >= 11 is 0. The normalized spacial score (nSPS) is 22.2. The van der Waals surface area contributed by atoms with E-state index < -0.39 is 5.97 Å². The predicted octanol–water partition coefficient (Wildman–Crippen LogP) is 1.49. The Bertz CT molecular complexity index is 513. The molecule has 1 saturated heterocycles. The average molecular weight is 262 g/mol. The summed E-state index contributed by atoms with van der Waals surface area (Å²) in [5.41, 5.74) is 1.66. The number of benzene rings is 1. The van der Waals surface area contributed by atoms with Gasteiger partial charge in [0, 0.05) is 12.2 Å². The molecule has 1 aromatic carbocycles. The van der Waals surface area contributed by atoms with E-state index in [1.165, 1.54) is 6.07 Å².